The first-order chi connectivity index (χ1) is 14.1. The van der Waals surface area contributed by atoms with Crippen LogP contribution < -0.4 is 5.32 Å². The Morgan fingerprint density at radius 2 is 1.73 bits per heavy atom. The highest BCUT2D eigenvalue weighted by molar-refractivity contribution is 7.89. The first kappa shape index (κ1) is 22.7. The molecule has 1 amide bonds. The molecule has 162 valence electrons. The molecule has 8 heteroatoms. The van der Waals surface area contributed by atoms with Crippen LogP contribution in [0.4, 0.5) is 0 Å². The van der Waals surface area contributed by atoms with Gasteiger partial charge in [-0.05, 0) is 57.1 Å². The van der Waals surface area contributed by atoms with Crippen LogP contribution in [-0.4, -0.2) is 56.8 Å². The lowest BCUT2D eigenvalue weighted by Crippen LogP contribution is -2.47. The molecule has 1 fully saturated rings. The Balaban J connectivity index is 1.83. The number of likely N-dealkylation sites (N-methyl/N-ethyl adjacent to an activating group) is 1. The van der Waals surface area contributed by atoms with E-state index in [4.69, 9.17) is 11.6 Å². The Labute approximate surface area is 183 Å². The number of piperazine rings is 1. The number of aryl methyl sites for hydroxylation is 2. The van der Waals surface area contributed by atoms with Crippen LogP contribution in [0.2, 0.25) is 5.02 Å². The number of nitrogens with one attached hydrogen (secondary N) is 1. The van der Waals surface area contributed by atoms with Gasteiger partial charge in [-0.2, -0.15) is 4.31 Å². The second kappa shape index (κ2) is 9.06. The number of carbonyl (C=O) groups is 1. The van der Waals surface area contributed by atoms with E-state index < -0.39 is 10.0 Å². The molecule has 0 bridgehead atoms. The summed E-state index contributed by atoms with van der Waals surface area (Å²) in [7, 11) is -1.81. The smallest absolute Gasteiger partial charge is 0.251 e. The van der Waals surface area contributed by atoms with E-state index in [1.165, 1.54) is 16.4 Å². The Morgan fingerprint density at radius 1 is 1.07 bits per heavy atom. The predicted octanol–water partition coefficient (Wildman–Crippen LogP) is 3.38. The summed E-state index contributed by atoms with van der Waals surface area (Å²) in [5.41, 5.74) is 3.50. The van der Waals surface area contributed by atoms with Crippen LogP contribution >= 0.6 is 11.6 Å². The highest BCUT2D eigenvalue weighted by atomic mass is 35.5. The zero-order valence-corrected chi connectivity index (χ0v) is 19.3. The maximum atomic E-state index is 13.1. The van der Waals surface area contributed by atoms with Gasteiger partial charge in [-0.1, -0.05) is 35.4 Å². The second-order valence-corrected chi connectivity index (χ2v) is 10.2. The van der Waals surface area contributed by atoms with Gasteiger partial charge >= 0.3 is 0 Å². The third-order valence-electron chi connectivity index (χ3n) is 5.52. The quantitative estimate of drug-likeness (QED) is 0.759. The van der Waals surface area contributed by atoms with Gasteiger partial charge in [0.05, 0.1) is 11.1 Å². The van der Waals surface area contributed by atoms with Crippen molar-refractivity contribution in [3.8, 4) is 0 Å². The van der Waals surface area contributed by atoms with Gasteiger partial charge in [-0.15, -0.1) is 0 Å². The highest BCUT2D eigenvalue weighted by Gasteiger charge is 2.30. The number of nitrogens with zero attached hydrogens (tertiary/aromatic N) is 2. The molecule has 0 aromatic heterocycles. The molecule has 1 aliphatic heterocycles. The number of halogens is 1. The van der Waals surface area contributed by atoms with E-state index in [1.807, 2.05) is 46.0 Å². The standard InChI is InChI=1S/C22H28ClN3O3S/c1-15-5-6-16(2)19(13-15)17(3)24-22(27)18-7-8-20(23)21(14-18)30(28,29)26-11-9-25(4)10-12-26/h5-8,13-14,17H,9-12H2,1-4H3,(H,24,27). The van der Waals surface area contributed by atoms with Crippen molar-refractivity contribution in [3.05, 3.63) is 63.7 Å². The van der Waals surface area contributed by atoms with Crippen LogP contribution in [-0.2, 0) is 10.0 Å². The minimum absolute atomic E-state index is 0.0271. The number of rotatable bonds is 5. The zero-order chi connectivity index (χ0) is 22.1. The number of hydrogen-bond acceptors (Lipinski definition) is 4. The average Bonchev–Trinajstić information content (AvgIpc) is 2.70. The molecular weight excluding hydrogens is 422 g/mol. The Kier molecular flexibility index (Phi) is 6.87. The molecule has 0 aliphatic carbocycles. The molecule has 3 rings (SSSR count). The van der Waals surface area contributed by atoms with E-state index >= 15 is 0 Å². The van der Waals surface area contributed by atoms with Crippen LogP contribution in [0, 0.1) is 13.8 Å². The van der Waals surface area contributed by atoms with E-state index in [9.17, 15) is 13.2 Å². The molecule has 1 aliphatic rings. The van der Waals surface area contributed by atoms with Crippen LogP contribution in [0.25, 0.3) is 0 Å². The lowest BCUT2D eigenvalue weighted by atomic mass is 10.00. The first-order valence-corrected chi connectivity index (χ1v) is 11.8. The van der Waals surface area contributed by atoms with Crippen molar-refractivity contribution in [2.24, 2.45) is 0 Å². The van der Waals surface area contributed by atoms with E-state index in [2.05, 4.69) is 10.2 Å². The van der Waals surface area contributed by atoms with Gasteiger partial charge in [-0.25, -0.2) is 8.42 Å². The predicted molar refractivity (Wildman–Crippen MR) is 120 cm³/mol. The molecule has 0 radical (unpaired) electrons. The van der Waals surface area contributed by atoms with Crippen molar-refractivity contribution in [3.63, 3.8) is 0 Å². The lowest BCUT2D eigenvalue weighted by Gasteiger charge is -2.31. The normalized spacial score (nSPS) is 17.0. The monoisotopic (exact) mass is 449 g/mol. The summed E-state index contributed by atoms with van der Waals surface area (Å²) in [6.45, 7) is 8.03. The fourth-order valence-corrected chi connectivity index (χ4v) is 5.52. The van der Waals surface area contributed by atoms with Crippen molar-refractivity contribution >= 4 is 27.5 Å². The van der Waals surface area contributed by atoms with Gasteiger partial charge in [0.25, 0.3) is 5.91 Å². The molecule has 2 aromatic rings. The largest absolute Gasteiger partial charge is 0.346 e. The molecule has 1 N–H and O–H groups in total. The summed E-state index contributed by atoms with van der Waals surface area (Å²) in [6.07, 6.45) is 0. The van der Waals surface area contributed by atoms with Crippen molar-refractivity contribution in [1.29, 1.82) is 0 Å². The molecular formula is C22H28ClN3O3S. The average molecular weight is 450 g/mol. The minimum atomic E-state index is -3.77. The SMILES string of the molecule is Cc1ccc(C)c(C(C)NC(=O)c2ccc(Cl)c(S(=O)(=O)N3CCN(C)CC3)c2)c1. The third kappa shape index (κ3) is 4.86. The molecule has 1 heterocycles. The summed E-state index contributed by atoms with van der Waals surface area (Å²) < 4.78 is 27.6. The number of amides is 1. The molecule has 1 saturated heterocycles. The molecule has 1 unspecified atom stereocenters. The maximum absolute atomic E-state index is 13.1. The van der Waals surface area contributed by atoms with Crippen molar-refractivity contribution in [2.75, 3.05) is 33.2 Å². The third-order valence-corrected chi connectivity index (χ3v) is 7.90. The van der Waals surface area contributed by atoms with Crippen molar-refractivity contribution in [1.82, 2.24) is 14.5 Å². The zero-order valence-electron chi connectivity index (χ0n) is 17.8. The molecule has 0 saturated carbocycles. The van der Waals surface area contributed by atoms with Gasteiger partial charge in [-0.3, -0.25) is 4.79 Å². The molecule has 2 aromatic carbocycles. The molecule has 0 spiro atoms. The summed E-state index contributed by atoms with van der Waals surface area (Å²) >= 11 is 6.23. The fraction of sp³-hybridized carbons (Fsp3) is 0.409. The van der Waals surface area contributed by atoms with Gasteiger partial charge in [0.1, 0.15) is 4.90 Å². The summed E-state index contributed by atoms with van der Waals surface area (Å²) in [4.78, 5) is 14.9. The second-order valence-electron chi connectivity index (χ2n) is 7.91. The fourth-order valence-electron chi connectivity index (χ4n) is 3.59. The van der Waals surface area contributed by atoms with Gasteiger partial charge in [0.15, 0.2) is 0 Å². The van der Waals surface area contributed by atoms with Crippen LogP contribution in [0.5, 0.6) is 0 Å². The van der Waals surface area contributed by atoms with Crippen LogP contribution in [0.15, 0.2) is 41.3 Å². The summed E-state index contributed by atoms with van der Waals surface area (Å²) in [5, 5.41) is 3.09. The van der Waals surface area contributed by atoms with E-state index in [0.717, 1.165) is 16.7 Å². The van der Waals surface area contributed by atoms with Crippen LogP contribution in [0.1, 0.15) is 40.0 Å². The first-order valence-electron chi connectivity index (χ1n) is 9.96. The Bertz CT molecular complexity index is 1050. The highest BCUT2D eigenvalue weighted by Crippen LogP contribution is 2.27. The number of hydrogen-bond donors (Lipinski definition) is 1. The van der Waals surface area contributed by atoms with Crippen molar-refractivity contribution in [2.45, 2.75) is 31.7 Å². The molecule has 6 nitrogen and oxygen atoms in total. The maximum Gasteiger partial charge on any atom is 0.251 e. The van der Waals surface area contributed by atoms with Gasteiger partial charge in [0.2, 0.25) is 10.0 Å². The van der Waals surface area contributed by atoms with E-state index in [0.29, 0.717) is 26.2 Å². The van der Waals surface area contributed by atoms with E-state index in [1.54, 1.807) is 6.07 Å². The van der Waals surface area contributed by atoms with Crippen molar-refractivity contribution < 1.29 is 13.2 Å². The number of benzene rings is 2. The van der Waals surface area contributed by atoms with Gasteiger partial charge in [0, 0.05) is 31.7 Å². The molecule has 30 heavy (non-hydrogen) atoms. The minimum Gasteiger partial charge on any atom is -0.346 e. The summed E-state index contributed by atoms with van der Waals surface area (Å²) in [5.74, 6) is -0.338. The Hall–Kier alpha value is -1.93. The topological polar surface area (TPSA) is 69.7 Å². The lowest BCUT2D eigenvalue weighted by molar-refractivity contribution is 0.0939. The number of carbonyl (C=O) groups excluding carboxylic acids is 1. The molecule has 1 atom stereocenters. The van der Waals surface area contributed by atoms with E-state index in [-0.39, 0.29) is 27.4 Å². The summed E-state index contributed by atoms with van der Waals surface area (Å²) in [6, 6.07) is 10.3. The van der Waals surface area contributed by atoms with Gasteiger partial charge < -0.3 is 10.2 Å². The number of sulfonamides is 1. The van der Waals surface area contributed by atoms with Crippen LogP contribution in [0.3, 0.4) is 0 Å². The Morgan fingerprint density at radius 3 is 2.40 bits per heavy atom.